The summed E-state index contributed by atoms with van der Waals surface area (Å²) < 4.78 is 0. The van der Waals surface area contributed by atoms with Crippen LogP contribution in [0.15, 0.2) is 54.6 Å². The predicted molar refractivity (Wildman–Crippen MR) is 104 cm³/mol. The van der Waals surface area contributed by atoms with Crippen molar-refractivity contribution in [1.82, 2.24) is 0 Å². The lowest BCUT2D eigenvalue weighted by molar-refractivity contribution is 0.896. The zero-order valence-corrected chi connectivity index (χ0v) is 15.3. The zero-order chi connectivity index (χ0) is 15.6. The van der Waals surface area contributed by atoms with Crippen LogP contribution in [-0.4, -0.2) is 17.3 Å². The van der Waals surface area contributed by atoms with Crippen LogP contribution >= 0.6 is 23.5 Å². The van der Waals surface area contributed by atoms with E-state index < -0.39 is 0 Å². The van der Waals surface area contributed by atoms with E-state index in [0.29, 0.717) is 5.25 Å². The van der Waals surface area contributed by atoms with Crippen LogP contribution in [0.2, 0.25) is 0 Å². The van der Waals surface area contributed by atoms with Crippen molar-refractivity contribution in [2.24, 2.45) is 0 Å². The van der Waals surface area contributed by atoms with E-state index in [2.05, 4.69) is 92.0 Å². The highest BCUT2D eigenvalue weighted by Crippen LogP contribution is 2.36. The van der Waals surface area contributed by atoms with Gasteiger partial charge in [-0.3, -0.25) is 0 Å². The zero-order valence-electron chi connectivity index (χ0n) is 13.6. The Bertz CT molecular complexity index is 519. The molecule has 0 spiro atoms. The SMILES string of the molecule is CCCCSCCSC(c1ccccc1)c1ccc(C)cc1. The van der Waals surface area contributed by atoms with Crippen molar-refractivity contribution in [1.29, 1.82) is 0 Å². The average Bonchev–Trinajstić information content (AvgIpc) is 2.56. The van der Waals surface area contributed by atoms with E-state index in [-0.39, 0.29) is 0 Å². The molecular weight excluding hydrogens is 304 g/mol. The lowest BCUT2D eigenvalue weighted by Gasteiger charge is -2.18. The minimum atomic E-state index is 0.452. The molecule has 0 fully saturated rings. The summed E-state index contributed by atoms with van der Waals surface area (Å²) in [5.41, 5.74) is 4.16. The molecule has 0 bridgehead atoms. The monoisotopic (exact) mass is 330 g/mol. The fraction of sp³-hybridized carbons (Fsp3) is 0.400. The maximum absolute atomic E-state index is 2.28. The van der Waals surface area contributed by atoms with Crippen molar-refractivity contribution < 1.29 is 0 Å². The van der Waals surface area contributed by atoms with Crippen LogP contribution in [-0.2, 0) is 0 Å². The van der Waals surface area contributed by atoms with Crippen molar-refractivity contribution in [2.75, 3.05) is 17.3 Å². The van der Waals surface area contributed by atoms with E-state index in [9.17, 15) is 0 Å². The van der Waals surface area contributed by atoms with Crippen molar-refractivity contribution in [3.63, 3.8) is 0 Å². The van der Waals surface area contributed by atoms with Crippen LogP contribution in [0.5, 0.6) is 0 Å². The molecule has 0 aliphatic carbocycles. The van der Waals surface area contributed by atoms with Gasteiger partial charge in [0.1, 0.15) is 0 Å². The molecule has 0 N–H and O–H groups in total. The molecule has 0 aliphatic rings. The molecule has 2 heteroatoms. The Balaban J connectivity index is 1.98. The van der Waals surface area contributed by atoms with Crippen LogP contribution in [0.4, 0.5) is 0 Å². The molecule has 0 radical (unpaired) electrons. The first-order valence-corrected chi connectivity index (χ1v) is 10.3. The highest BCUT2D eigenvalue weighted by molar-refractivity contribution is 8.03. The van der Waals surface area contributed by atoms with Crippen molar-refractivity contribution in [3.05, 3.63) is 71.3 Å². The molecule has 0 nitrogen and oxygen atoms in total. The van der Waals surface area contributed by atoms with Gasteiger partial charge in [-0.25, -0.2) is 0 Å². The summed E-state index contributed by atoms with van der Waals surface area (Å²) in [5.74, 6) is 3.76. The molecule has 0 heterocycles. The van der Waals surface area contributed by atoms with E-state index in [4.69, 9.17) is 0 Å². The van der Waals surface area contributed by atoms with Gasteiger partial charge in [0.25, 0.3) is 0 Å². The maximum Gasteiger partial charge on any atom is 0.0546 e. The molecule has 0 aromatic heterocycles. The molecular formula is C20H26S2. The number of hydrogen-bond donors (Lipinski definition) is 0. The van der Waals surface area contributed by atoms with Gasteiger partial charge in [0.05, 0.1) is 5.25 Å². The smallest absolute Gasteiger partial charge is 0.0546 e. The van der Waals surface area contributed by atoms with Crippen molar-refractivity contribution in [2.45, 2.75) is 31.9 Å². The number of hydrogen-bond acceptors (Lipinski definition) is 2. The van der Waals surface area contributed by atoms with Crippen LogP contribution in [0.25, 0.3) is 0 Å². The fourth-order valence-corrected chi connectivity index (χ4v) is 4.82. The summed E-state index contributed by atoms with van der Waals surface area (Å²) in [6.07, 6.45) is 2.64. The van der Waals surface area contributed by atoms with Gasteiger partial charge < -0.3 is 0 Å². The topological polar surface area (TPSA) is 0 Å². The maximum atomic E-state index is 2.28. The number of aryl methyl sites for hydroxylation is 1. The van der Waals surface area contributed by atoms with Crippen LogP contribution in [0.1, 0.15) is 41.7 Å². The lowest BCUT2D eigenvalue weighted by Crippen LogP contribution is -1.99. The molecule has 22 heavy (non-hydrogen) atoms. The Kier molecular flexibility index (Phi) is 7.96. The number of benzene rings is 2. The molecule has 1 unspecified atom stereocenters. The van der Waals surface area contributed by atoms with E-state index in [0.717, 1.165) is 0 Å². The molecule has 0 saturated carbocycles. The van der Waals surface area contributed by atoms with Crippen LogP contribution in [0, 0.1) is 6.92 Å². The first-order valence-electron chi connectivity index (χ1n) is 8.12. The molecule has 2 rings (SSSR count). The Labute approximate surface area is 144 Å². The van der Waals surface area contributed by atoms with Crippen molar-refractivity contribution >= 4 is 23.5 Å². The van der Waals surface area contributed by atoms with E-state index in [1.54, 1.807) is 0 Å². The van der Waals surface area contributed by atoms with Gasteiger partial charge in [-0.1, -0.05) is 73.5 Å². The molecule has 2 aromatic carbocycles. The molecule has 0 aliphatic heterocycles. The second-order valence-corrected chi connectivity index (χ2v) is 7.98. The third-order valence-corrected chi connectivity index (χ3v) is 6.28. The molecule has 118 valence electrons. The highest BCUT2D eigenvalue weighted by Gasteiger charge is 2.14. The minimum absolute atomic E-state index is 0.452. The third-order valence-electron chi connectivity index (χ3n) is 3.64. The third kappa shape index (κ3) is 5.73. The first kappa shape index (κ1) is 17.5. The summed E-state index contributed by atoms with van der Waals surface area (Å²) in [4.78, 5) is 0. The standard InChI is InChI=1S/C20H26S2/c1-3-4-14-21-15-16-22-20(18-8-6-5-7-9-18)19-12-10-17(2)11-13-19/h5-13,20H,3-4,14-16H2,1-2H3. The van der Waals surface area contributed by atoms with Crippen LogP contribution < -0.4 is 0 Å². The Morgan fingerprint density at radius 1 is 0.818 bits per heavy atom. The lowest BCUT2D eigenvalue weighted by atomic mass is 10.0. The minimum Gasteiger partial charge on any atom is -0.161 e. The van der Waals surface area contributed by atoms with Gasteiger partial charge in [0, 0.05) is 11.5 Å². The second kappa shape index (κ2) is 10.0. The van der Waals surface area contributed by atoms with Gasteiger partial charge in [-0.15, -0.1) is 11.8 Å². The Hall–Kier alpha value is -0.860. The highest BCUT2D eigenvalue weighted by atomic mass is 32.2. The predicted octanol–water partition coefficient (Wildman–Crippen LogP) is 6.35. The molecule has 1 atom stereocenters. The quantitative estimate of drug-likeness (QED) is 0.491. The van der Waals surface area contributed by atoms with E-state index in [1.807, 2.05) is 0 Å². The number of unbranched alkanes of at least 4 members (excludes halogenated alkanes) is 1. The largest absolute Gasteiger partial charge is 0.161 e. The Morgan fingerprint density at radius 3 is 2.18 bits per heavy atom. The summed E-state index contributed by atoms with van der Waals surface area (Å²) in [6, 6.07) is 19.9. The van der Waals surface area contributed by atoms with E-state index >= 15 is 0 Å². The number of thioether (sulfide) groups is 2. The average molecular weight is 331 g/mol. The van der Waals surface area contributed by atoms with Gasteiger partial charge >= 0.3 is 0 Å². The Morgan fingerprint density at radius 2 is 1.50 bits per heavy atom. The summed E-state index contributed by atoms with van der Waals surface area (Å²) in [5, 5.41) is 0.452. The molecule has 2 aromatic rings. The van der Waals surface area contributed by atoms with Crippen LogP contribution in [0.3, 0.4) is 0 Å². The van der Waals surface area contributed by atoms with Gasteiger partial charge in [0.2, 0.25) is 0 Å². The van der Waals surface area contributed by atoms with Gasteiger partial charge in [0.15, 0.2) is 0 Å². The van der Waals surface area contributed by atoms with Gasteiger partial charge in [-0.05, 0) is 30.2 Å². The van der Waals surface area contributed by atoms with E-state index in [1.165, 1.54) is 46.8 Å². The second-order valence-electron chi connectivity index (χ2n) is 5.54. The summed E-state index contributed by atoms with van der Waals surface area (Å²) >= 11 is 4.16. The molecule has 0 amide bonds. The number of rotatable bonds is 9. The fourth-order valence-electron chi connectivity index (χ4n) is 2.33. The summed E-state index contributed by atoms with van der Waals surface area (Å²) in [7, 11) is 0. The summed E-state index contributed by atoms with van der Waals surface area (Å²) in [6.45, 7) is 4.41. The molecule has 0 saturated heterocycles. The normalized spacial score (nSPS) is 12.3. The van der Waals surface area contributed by atoms with Crippen molar-refractivity contribution in [3.8, 4) is 0 Å². The van der Waals surface area contributed by atoms with Gasteiger partial charge in [-0.2, -0.15) is 11.8 Å². The first-order chi connectivity index (χ1) is 10.8.